The molecular weight excluding hydrogens is 512 g/mol. The Bertz CT molecular complexity index is 1220. The number of phosphoric acid groups is 1. The summed E-state index contributed by atoms with van der Waals surface area (Å²) in [6.45, 7) is -0.183. The zero-order valence-electron chi connectivity index (χ0n) is 16.1. The first-order valence-electron chi connectivity index (χ1n) is 9.35. The van der Waals surface area contributed by atoms with E-state index < -0.39 is 37.3 Å². The molecule has 1 aromatic carbocycles. The number of aromatic nitrogens is 4. The van der Waals surface area contributed by atoms with Crippen LogP contribution in [0.3, 0.4) is 0 Å². The summed E-state index contributed by atoms with van der Waals surface area (Å²) in [4.78, 5) is 32.9. The van der Waals surface area contributed by atoms with Crippen molar-refractivity contribution in [3.63, 3.8) is 0 Å². The van der Waals surface area contributed by atoms with Crippen LogP contribution in [0.4, 0.5) is 5.69 Å². The van der Waals surface area contributed by atoms with Gasteiger partial charge in [-0.15, -0.1) is 0 Å². The van der Waals surface area contributed by atoms with Crippen LogP contribution in [-0.2, 0) is 23.7 Å². The molecule has 0 saturated carbocycles. The summed E-state index contributed by atoms with van der Waals surface area (Å²) in [5, 5.41) is 22.1. The Kier molecular flexibility index (Phi) is 5.56. The van der Waals surface area contributed by atoms with E-state index in [1.807, 2.05) is 0 Å². The van der Waals surface area contributed by atoms with Gasteiger partial charge >= 0.3 is 186 Å². The molecule has 2 aromatic heterocycles. The number of benzene rings is 1. The van der Waals surface area contributed by atoms with Gasteiger partial charge in [-0.25, -0.2) is 0 Å². The average molecular weight is 528 g/mol. The van der Waals surface area contributed by atoms with Crippen molar-refractivity contribution in [3.8, 4) is 0 Å². The molecule has 1 unspecified atom stereocenters. The van der Waals surface area contributed by atoms with Crippen molar-refractivity contribution in [1.82, 2.24) is 19.5 Å². The van der Waals surface area contributed by atoms with Gasteiger partial charge in [0.05, 0.1) is 0 Å². The van der Waals surface area contributed by atoms with Gasteiger partial charge in [0.1, 0.15) is 0 Å². The molecule has 2 N–H and O–H groups in total. The number of nitro groups is 1. The molecule has 5 atom stereocenters. The fraction of sp³-hybridized carbons (Fsp3) is 0.353. The number of fused-ring (bicyclic) bond motifs is 2. The Labute approximate surface area is 186 Å². The van der Waals surface area contributed by atoms with Gasteiger partial charge < -0.3 is 0 Å². The number of nitro benzene ring substituents is 1. The normalized spacial score (nSPS) is 29.8. The molecule has 0 aliphatic carbocycles. The zero-order valence-corrected chi connectivity index (χ0v) is 18.7. The third kappa shape index (κ3) is 3.96. The van der Waals surface area contributed by atoms with Gasteiger partial charge in [0, 0.05) is 0 Å². The van der Waals surface area contributed by atoms with Crippen molar-refractivity contribution < 1.29 is 33.3 Å². The molecule has 0 spiro atoms. The van der Waals surface area contributed by atoms with Gasteiger partial charge in [-0.2, -0.15) is 0 Å². The molecule has 3 aromatic rings. The molecule has 2 fully saturated rings. The van der Waals surface area contributed by atoms with Crippen molar-refractivity contribution in [2.45, 2.75) is 29.9 Å². The molecular formula is C17H16N5O8PSe. The number of aliphatic hydroxyl groups excluding tert-OH is 1. The number of imidazole rings is 1. The summed E-state index contributed by atoms with van der Waals surface area (Å²) in [5.74, 6) is 0. The van der Waals surface area contributed by atoms with Gasteiger partial charge in [-0.1, -0.05) is 0 Å². The van der Waals surface area contributed by atoms with Crippen LogP contribution in [0.5, 0.6) is 0 Å². The molecule has 2 aliphatic heterocycles. The predicted octanol–water partition coefficient (Wildman–Crippen LogP) is 0.0383. The van der Waals surface area contributed by atoms with Gasteiger partial charge in [-0.3, -0.25) is 0 Å². The number of aliphatic hydroxyl groups is 1. The standard InChI is InChI=1S/C17H16N5O8PSe/c23-13-14-11(5-28-31(26,27)30-14)29-17(13)21-8-20-12-15(21)18-7-19-16(12)32-6-9-1-3-10(4-2-9)22(24)25/h1-4,7-8,11,13-14,17,23H,5-6H2,(H,26,27)/t11-,13-,14-,17-/m1/s1. The third-order valence-electron chi connectivity index (χ3n) is 5.09. The number of hydrogen-bond donors (Lipinski definition) is 2. The third-order valence-corrected chi connectivity index (χ3v) is 8.28. The van der Waals surface area contributed by atoms with E-state index in [1.54, 1.807) is 12.1 Å². The molecule has 4 heterocycles. The van der Waals surface area contributed by atoms with E-state index in [1.165, 1.54) is 29.4 Å². The first-order chi connectivity index (χ1) is 15.3. The van der Waals surface area contributed by atoms with Crippen LogP contribution >= 0.6 is 7.82 Å². The van der Waals surface area contributed by atoms with Gasteiger partial charge in [0.2, 0.25) is 0 Å². The topological polar surface area (TPSA) is 172 Å². The summed E-state index contributed by atoms with van der Waals surface area (Å²) in [5.41, 5.74) is 1.96. The van der Waals surface area contributed by atoms with Crippen molar-refractivity contribution in [2.75, 3.05) is 6.61 Å². The molecule has 0 bridgehead atoms. The van der Waals surface area contributed by atoms with Crippen LogP contribution < -0.4 is 4.59 Å². The maximum atomic E-state index is 11.7. The second kappa shape index (κ2) is 8.25. The molecule has 0 radical (unpaired) electrons. The van der Waals surface area contributed by atoms with E-state index in [-0.39, 0.29) is 27.3 Å². The zero-order chi connectivity index (χ0) is 22.5. The number of non-ortho nitro benzene ring substituents is 1. The number of hydrogen-bond acceptors (Lipinski definition) is 10. The van der Waals surface area contributed by atoms with Crippen molar-refractivity contribution in [1.29, 1.82) is 0 Å². The van der Waals surface area contributed by atoms with E-state index in [0.29, 0.717) is 16.5 Å². The Morgan fingerprint density at radius 1 is 1.28 bits per heavy atom. The monoisotopic (exact) mass is 529 g/mol. The van der Waals surface area contributed by atoms with Crippen LogP contribution in [0.2, 0.25) is 0 Å². The maximum absolute atomic E-state index is 11.7. The van der Waals surface area contributed by atoms with Gasteiger partial charge in [0.25, 0.3) is 0 Å². The number of phosphoric ester groups is 1. The molecule has 2 aliphatic rings. The Balaban J connectivity index is 1.36. The van der Waals surface area contributed by atoms with Crippen molar-refractivity contribution >= 4 is 44.2 Å². The van der Waals surface area contributed by atoms with Crippen LogP contribution in [0.1, 0.15) is 11.8 Å². The van der Waals surface area contributed by atoms with E-state index in [4.69, 9.17) is 13.8 Å². The fourth-order valence-electron chi connectivity index (χ4n) is 3.55. The van der Waals surface area contributed by atoms with E-state index >= 15 is 0 Å². The minimum absolute atomic E-state index is 0.0343. The summed E-state index contributed by atoms with van der Waals surface area (Å²) in [6, 6.07) is 6.35. The summed E-state index contributed by atoms with van der Waals surface area (Å²) in [6.07, 6.45) is -1.03. The SMILES string of the molecule is O=[N+]([O-])c1ccc(C[Se]c2ncnc3c2ncn3[C@@H]2O[C@@H]3COP(=O)(O)O[C@H]3[C@H]2O)cc1. The molecule has 5 rings (SSSR count). The van der Waals surface area contributed by atoms with Crippen LogP contribution in [0, 0.1) is 10.1 Å². The quantitative estimate of drug-likeness (QED) is 0.198. The Morgan fingerprint density at radius 2 is 2.06 bits per heavy atom. The summed E-state index contributed by atoms with van der Waals surface area (Å²) in [7, 11) is -4.23. The van der Waals surface area contributed by atoms with Gasteiger partial charge in [-0.05, 0) is 0 Å². The number of rotatable bonds is 5. The van der Waals surface area contributed by atoms with Crippen molar-refractivity contribution in [2.24, 2.45) is 0 Å². The van der Waals surface area contributed by atoms with E-state index in [0.717, 1.165) is 10.2 Å². The van der Waals surface area contributed by atoms with Crippen LogP contribution in [-0.4, -0.2) is 74.3 Å². The molecule has 2 saturated heterocycles. The average Bonchev–Trinajstić information content (AvgIpc) is 3.33. The molecule has 15 heteroatoms. The minimum atomic E-state index is -4.23. The predicted molar refractivity (Wildman–Crippen MR) is 108 cm³/mol. The Hall–Kier alpha value is -2.28. The molecule has 0 amide bonds. The molecule has 168 valence electrons. The van der Waals surface area contributed by atoms with E-state index in [9.17, 15) is 24.7 Å². The van der Waals surface area contributed by atoms with Crippen LogP contribution in [0.25, 0.3) is 11.2 Å². The Morgan fingerprint density at radius 3 is 2.81 bits per heavy atom. The summed E-state index contributed by atoms with van der Waals surface area (Å²) >= 11 is -0.139. The summed E-state index contributed by atoms with van der Waals surface area (Å²) < 4.78 is 29.5. The number of nitrogens with zero attached hydrogens (tertiary/aromatic N) is 5. The van der Waals surface area contributed by atoms with Crippen molar-refractivity contribution in [3.05, 3.63) is 52.6 Å². The second-order valence-electron chi connectivity index (χ2n) is 7.11. The van der Waals surface area contributed by atoms with Gasteiger partial charge in [0.15, 0.2) is 0 Å². The first-order valence-corrected chi connectivity index (χ1v) is 12.9. The number of ether oxygens (including phenoxy) is 1. The first kappa shape index (κ1) is 21.6. The molecule has 13 nitrogen and oxygen atoms in total. The van der Waals surface area contributed by atoms with E-state index in [2.05, 4.69) is 15.0 Å². The fourth-order valence-corrected chi connectivity index (χ4v) is 6.40. The second-order valence-corrected chi connectivity index (χ2v) is 10.5. The van der Waals surface area contributed by atoms with Crippen LogP contribution in [0.15, 0.2) is 36.9 Å². The molecule has 32 heavy (non-hydrogen) atoms.